The van der Waals surface area contributed by atoms with Crippen LogP contribution in [0.3, 0.4) is 0 Å². The number of H-pyrrole nitrogens is 2. The first-order valence-corrected chi connectivity index (χ1v) is 12.3. The average Bonchev–Trinajstić information content (AvgIpc) is 3.62. The molecular formula is C27H23N7S. The van der Waals surface area contributed by atoms with Gasteiger partial charge in [0.2, 0.25) is 0 Å². The van der Waals surface area contributed by atoms with Crippen LogP contribution in [0.2, 0.25) is 0 Å². The third kappa shape index (κ3) is 3.87. The molecule has 0 radical (unpaired) electrons. The van der Waals surface area contributed by atoms with E-state index in [0.29, 0.717) is 17.4 Å². The molecule has 8 heteroatoms. The molecule has 0 fully saturated rings. The topological polar surface area (TPSA) is 95.2 Å². The molecule has 0 saturated heterocycles. The van der Waals surface area contributed by atoms with Crippen molar-refractivity contribution in [3.05, 3.63) is 78.0 Å². The molecule has 0 spiro atoms. The Kier molecular flexibility index (Phi) is 5.15. The van der Waals surface area contributed by atoms with Crippen LogP contribution < -0.4 is 5.32 Å². The zero-order valence-electron chi connectivity index (χ0n) is 19.3. The van der Waals surface area contributed by atoms with Crippen molar-refractivity contribution in [1.29, 1.82) is 0 Å². The summed E-state index contributed by atoms with van der Waals surface area (Å²) in [5, 5.41) is 16.2. The number of allylic oxidation sites excluding steroid dienone is 1. The predicted molar refractivity (Wildman–Crippen MR) is 143 cm³/mol. The maximum atomic E-state index is 4.76. The quantitative estimate of drug-likeness (QED) is 0.243. The molecule has 6 aromatic rings. The Morgan fingerprint density at radius 2 is 1.97 bits per heavy atom. The van der Waals surface area contributed by atoms with Gasteiger partial charge in [0, 0.05) is 34.6 Å². The number of rotatable bonds is 6. The zero-order valence-corrected chi connectivity index (χ0v) is 20.1. The monoisotopic (exact) mass is 477 g/mol. The Morgan fingerprint density at radius 1 is 1.06 bits per heavy atom. The highest BCUT2D eigenvalue weighted by Gasteiger charge is 2.16. The molecule has 0 bridgehead atoms. The van der Waals surface area contributed by atoms with Crippen molar-refractivity contribution in [2.75, 3.05) is 5.32 Å². The lowest BCUT2D eigenvalue weighted by Crippen LogP contribution is -2.04. The normalized spacial score (nSPS) is 11.5. The molecule has 0 unspecified atom stereocenters. The second kappa shape index (κ2) is 8.48. The Morgan fingerprint density at radius 3 is 2.80 bits per heavy atom. The maximum absolute atomic E-state index is 4.76. The smallest absolute Gasteiger partial charge is 0.178 e. The third-order valence-corrected chi connectivity index (χ3v) is 6.77. The van der Waals surface area contributed by atoms with Crippen LogP contribution in [0.1, 0.15) is 13.8 Å². The third-order valence-electron chi connectivity index (χ3n) is 6.08. The molecule has 0 amide bonds. The van der Waals surface area contributed by atoms with Crippen LogP contribution in [0.4, 0.5) is 5.69 Å². The van der Waals surface area contributed by atoms with Gasteiger partial charge in [0.05, 0.1) is 22.9 Å². The summed E-state index contributed by atoms with van der Waals surface area (Å²) in [5.41, 5.74) is 9.41. The van der Waals surface area contributed by atoms with Gasteiger partial charge in [0.1, 0.15) is 5.69 Å². The number of imidazole rings is 1. The Hall–Kier alpha value is -4.30. The molecule has 7 nitrogen and oxygen atoms in total. The fourth-order valence-electron chi connectivity index (χ4n) is 4.05. The van der Waals surface area contributed by atoms with Crippen LogP contribution in [-0.4, -0.2) is 30.1 Å². The van der Waals surface area contributed by atoms with Gasteiger partial charge in [0.25, 0.3) is 0 Å². The number of nitrogens with one attached hydrogen (secondary N) is 3. The second-order valence-electron chi connectivity index (χ2n) is 8.75. The molecule has 172 valence electrons. The largest absolute Gasteiger partial charge is 0.358 e. The summed E-state index contributed by atoms with van der Waals surface area (Å²) in [5.74, 6) is 1.02. The van der Waals surface area contributed by atoms with Gasteiger partial charge < -0.3 is 10.3 Å². The highest BCUT2D eigenvalue weighted by Crippen LogP contribution is 2.33. The number of pyridine rings is 2. The van der Waals surface area contributed by atoms with Crippen LogP contribution in [0.25, 0.3) is 55.8 Å². The lowest BCUT2D eigenvalue weighted by Gasteiger charge is -2.13. The van der Waals surface area contributed by atoms with Gasteiger partial charge >= 0.3 is 0 Å². The van der Waals surface area contributed by atoms with E-state index in [1.165, 1.54) is 0 Å². The van der Waals surface area contributed by atoms with Gasteiger partial charge in [-0.15, -0.1) is 0 Å². The van der Waals surface area contributed by atoms with E-state index < -0.39 is 0 Å². The van der Waals surface area contributed by atoms with Crippen molar-refractivity contribution < 1.29 is 0 Å². The average molecular weight is 478 g/mol. The molecule has 1 aromatic carbocycles. The summed E-state index contributed by atoms with van der Waals surface area (Å²) < 4.78 is 0. The minimum Gasteiger partial charge on any atom is -0.358 e. The molecule has 0 saturated carbocycles. The number of benzene rings is 1. The number of aromatic amines is 2. The van der Waals surface area contributed by atoms with Crippen molar-refractivity contribution in [1.82, 2.24) is 30.1 Å². The summed E-state index contributed by atoms with van der Waals surface area (Å²) in [7, 11) is 0. The van der Waals surface area contributed by atoms with E-state index in [4.69, 9.17) is 4.98 Å². The zero-order chi connectivity index (χ0) is 23.9. The van der Waals surface area contributed by atoms with E-state index in [1.807, 2.05) is 24.5 Å². The summed E-state index contributed by atoms with van der Waals surface area (Å²) in [6, 6.07) is 12.4. The van der Waals surface area contributed by atoms with Gasteiger partial charge in [-0.2, -0.15) is 16.4 Å². The Bertz CT molecular complexity index is 1670. The number of hydrogen-bond donors (Lipinski definition) is 3. The SMILES string of the molecule is C=C(Nc1cncc(-c2ccc3[nH]nc(-c4nc5nccc(-c6ccsc6)c5[nH]4)c3c2)c1)C(C)C. The van der Waals surface area contributed by atoms with E-state index in [9.17, 15) is 0 Å². The predicted octanol–water partition coefficient (Wildman–Crippen LogP) is 6.87. The van der Waals surface area contributed by atoms with E-state index in [0.717, 1.165) is 55.8 Å². The van der Waals surface area contributed by atoms with Crippen molar-refractivity contribution in [2.24, 2.45) is 5.92 Å². The molecular weight excluding hydrogens is 454 g/mol. The fourth-order valence-corrected chi connectivity index (χ4v) is 4.71. The summed E-state index contributed by atoms with van der Waals surface area (Å²) in [6.45, 7) is 8.32. The Labute approximate surface area is 206 Å². The van der Waals surface area contributed by atoms with Gasteiger partial charge in [-0.3, -0.25) is 10.1 Å². The summed E-state index contributed by atoms with van der Waals surface area (Å²) >= 11 is 1.67. The molecule has 0 aliphatic rings. The van der Waals surface area contributed by atoms with E-state index in [-0.39, 0.29) is 0 Å². The molecule has 6 rings (SSSR count). The number of fused-ring (bicyclic) bond motifs is 2. The van der Waals surface area contributed by atoms with Gasteiger partial charge in [0.15, 0.2) is 11.5 Å². The number of aromatic nitrogens is 6. The molecule has 0 atom stereocenters. The maximum Gasteiger partial charge on any atom is 0.178 e. The number of anilines is 1. The number of nitrogens with zero attached hydrogens (tertiary/aromatic N) is 4. The highest BCUT2D eigenvalue weighted by atomic mass is 32.1. The Balaban J connectivity index is 1.41. The van der Waals surface area contributed by atoms with Gasteiger partial charge in [-0.25, -0.2) is 9.97 Å². The minimum absolute atomic E-state index is 0.335. The van der Waals surface area contributed by atoms with Crippen molar-refractivity contribution in [3.8, 4) is 33.8 Å². The number of hydrogen-bond acceptors (Lipinski definition) is 6. The fraction of sp³-hybridized carbons (Fsp3) is 0.111. The number of thiophene rings is 1. The van der Waals surface area contributed by atoms with E-state index >= 15 is 0 Å². The molecule has 5 heterocycles. The molecule has 35 heavy (non-hydrogen) atoms. The first-order valence-electron chi connectivity index (χ1n) is 11.3. The highest BCUT2D eigenvalue weighted by molar-refractivity contribution is 7.08. The van der Waals surface area contributed by atoms with Crippen LogP contribution in [0.15, 0.2) is 78.0 Å². The van der Waals surface area contributed by atoms with E-state index in [2.05, 4.69) is 85.9 Å². The standard InChI is InChI=1S/C27H23N7S/c1-15(2)16(3)30-20-10-19(12-28-13-20)17-4-5-23-22(11-17)25(34-33-23)27-31-24-21(18-7-9-35-14-18)6-8-29-26(24)32-27/h4-15,30H,3H2,1-2H3,(H,33,34)(H,29,31,32). The molecule has 5 aromatic heterocycles. The van der Waals surface area contributed by atoms with Crippen LogP contribution >= 0.6 is 11.3 Å². The van der Waals surface area contributed by atoms with Crippen LogP contribution in [-0.2, 0) is 0 Å². The second-order valence-corrected chi connectivity index (χ2v) is 9.53. The minimum atomic E-state index is 0.335. The molecule has 3 N–H and O–H groups in total. The lowest BCUT2D eigenvalue weighted by molar-refractivity contribution is 0.778. The van der Waals surface area contributed by atoms with Gasteiger partial charge in [-0.05, 0) is 58.1 Å². The van der Waals surface area contributed by atoms with Crippen molar-refractivity contribution >= 4 is 39.1 Å². The first kappa shape index (κ1) is 21.2. The summed E-state index contributed by atoms with van der Waals surface area (Å²) in [4.78, 5) is 17.1. The van der Waals surface area contributed by atoms with Crippen LogP contribution in [0, 0.1) is 5.92 Å². The molecule has 0 aliphatic heterocycles. The van der Waals surface area contributed by atoms with Crippen LogP contribution in [0.5, 0.6) is 0 Å². The first-order chi connectivity index (χ1) is 17.1. The van der Waals surface area contributed by atoms with Gasteiger partial charge in [-0.1, -0.05) is 26.5 Å². The summed E-state index contributed by atoms with van der Waals surface area (Å²) in [6.07, 6.45) is 5.47. The van der Waals surface area contributed by atoms with E-state index in [1.54, 1.807) is 17.5 Å². The van der Waals surface area contributed by atoms with Crippen molar-refractivity contribution in [3.63, 3.8) is 0 Å². The molecule has 0 aliphatic carbocycles. The van der Waals surface area contributed by atoms with Crippen molar-refractivity contribution in [2.45, 2.75) is 13.8 Å². The lowest BCUT2D eigenvalue weighted by atomic mass is 10.0.